The molecule has 1 aromatic carbocycles. The van der Waals surface area contributed by atoms with Crippen molar-refractivity contribution in [3.05, 3.63) is 46.4 Å². The number of halogens is 2. The van der Waals surface area contributed by atoms with Crippen molar-refractivity contribution in [2.24, 2.45) is 0 Å². The molecule has 0 bridgehead atoms. The predicted molar refractivity (Wildman–Crippen MR) is 101 cm³/mol. The van der Waals surface area contributed by atoms with E-state index < -0.39 is 0 Å². The van der Waals surface area contributed by atoms with Crippen molar-refractivity contribution in [2.75, 3.05) is 19.6 Å². The number of nitrogens with one attached hydrogen (secondary N) is 1. The summed E-state index contributed by atoms with van der Waals surface area (Å²) in [4.78, 5) is 18.7. The molecular weight excluding hydrogens is 369 g/mol. The van der Waals surface area contributed by atoms with Gasteiger partial charge >= 0.3 is 0 Å². The Morgan fingerprint density at radius 1 is 1.46 bits per heavy atom. The van der Waals surface area contributed by atoms with E-state index in [1.54, 1.807) is 16.8 Å². The number of ether oxygens (including phenoxy) is 1. The second-order valence-corrected chi connectivity index (χ2v) is 6.07. The first-order chi connectivity index (χ1) is 10.7. The van der Waals surface area contributed by atoms with E-state index in [1.807, 2.05) is 34.5 Å². The maximum absolute atomic E-state index is 12.6. The summed E-state index contributed by atoms with van der Waals surface area (Å²) in [5.41, 5.74) is 3.35. The van der Waals surface area contributed by atoms with Gasteiger partial charge in [-0.15, -0.1) is 36.2 Å². The summed E-state index contributed by atoms with van der Waals surface area (Å²) in [7, 11) is 0. The molecule has 1 atom stereocenters. The molecule has 2 heterocycles. The van der Waals surface area contributed by atoms with Gasteiger partial charge in [-0.3, -0.25) is 4.79 Å². The van der Waals surface area contributed by atoms with E-state index in [2.05, 4.69) is 17.2 Å². The van der Waals surface area contributed by atoms with Crippen molar-refractivity contribution >= 4 is 42.1 Å². The van der Waals surface area contributed by atoms with Gasteiger partial charge in [0.2, 0.25) is 0 Å². The first-order valence-corrected chi connectivity index (χ1v) is 8.30. The minimum absolute atomic E-state index is 0. The number of thiazole rings is 1. The molecule has 5 nitrogen and oxygen atoms in total. The molecule has 1 aromatic heterocycles. The van der Waals surface area contributed by atoms with Crippen molar-refractivity contribution in [3.63, 3.8) is 0 Å². The number of piperazine rings is 1. The third kappa shape index (κ3) is 5.08. The molecule has 0 aliphatic carbocycles. The van der Waals surface area contributed by atoms with Crippen LogP contribution in [0.2, 0.25) is 0 Å². The van der Waals surface area contributed by atoms with E-state index in [0.717, 1.165) is 25.3 Å². The first kappa shape index (κ1) is 20.7. The number of amides is 1. The van der Waals surface area contributed by atoms with Gasteiger partial charge in [0, 0.05) is 36.6 Å². The van der Waals surface area contributed by atoms with Crippen LogP contribution in [0.25, 0.3) is 0 Å². The Labute approximate surface area is 158 Å². The van der Waals surface area contributed by atoms with Crippen molar-refractivity contribution in [2.45, 2.75) is 19.6 Å². The van der Waals surface area contributed by atoms with Gasteiger partial charge in [0.25, 0.3) is 5.91 Å². The van der Waals surface area contributed by atoms with E-state index in [9.17, 15) is 4.79 Å². The molecule has 1 fully saturated rings. The molecule has 8 heteroatoms. The third-order valence-corrected chi connectivity index (χ3v) is 4.35. The standard InChI is InChI=1S/C16H19N3O2S.2ClH/c1-12-8-17-5-6-19(12)16(20)13-3-2-4-15(7-13)21-9-14-10-22-11-18-14;;/h2-4,7,10-12,17H,5-6,8-9H2,1H3;2*1H/t12-;;/m0../s1. The van der Waals surface area contributed by atoms with Gasteiger partial charge in [-0.1, -0.05) is 6.07 Å². The molecule has 0 unspecified atom stereocenters. The van der Waals surface area contributed by atoms with E-state index >= 15 is 0 Å². The number of carbonyl (C=O) groups excluding carboxylic acids is 1. The SMILES string of the molecule is C[C@H]1CNCCN1C(=O)c1cccc(OCc2cscn2)c1.Cl.Cl. The molecule has 1 aliphatic heterocycles. The molecule has 3 rings (SSSR count). The fraction of sp³-hybridized carbons (Fsp3) is 0.375. The lowest BCUT2D eigenvalue weighted by atomic mass is 10.1. The van der Waals surface area contributed by atoms with Crippen LogP contribution in [0.15, 0.2) is 35.2 Å². The zero-order chi connectivity index (χ0) is 15.4. The summed E-state index contributed by atoms with van der Waals surface area (Å²) in [6.07, 6.45) is 0. The van der Waals surface area contributed by atoms with Gasteiger partial charge in [-0.25, -0.2) is 4.98 Å². The molecule has 1 saturated heterocycles. The number of nitrogens with zero attached hydrogens (tertiary/aromatic N) is 2. The van der Waals surface area contributed by atoms with E-state index in [0.29, 0.717) is 17.9 Å². The second kappa shape index (κ2) is 9.84. The van der Waals surface area contributed by atoms with E-state index in [-0.39, 0.29) is 36.8 Å². The summed E-state index contributed by atoms with van der Waals surface area (Å²) in [5.74, 6) is 0.759. The van der Waals surface area contributed by atoms with Crippen LogP contribution in [0.3, 0.4) is 0 Å². The van der Waals surface area contributed by atoms with Crippen molar-refractivity contribution in [1.82, 2.24) is 15.2 Å². The zero-order valence-electron chi connectivity index (χ0n) is 13.3. The van der Waals surface area contributed by atoms with Gasteiger partial charge in [0.05, 0.1) is 11.2 Å². The molecule has 0 radical (unpaired) electrons. The van der Waals surface area contributed by atoms with E-state index in [4.69, 9.17) is 4.74 Å². The summed E-state index contributed by atoms with van der Waals surface area (Å²) < 4.78 is 5.72. The van der Waals surface area contributed by atoms with Gasteiger partial charge in [-0.05, 0) is 25.1 Å². The second-order valence-electron chi connectivity index (χ2n) is 5.35. The van der Waals surface area contributed by atoms with Gasteiger partial charge < -0.3 is 15.0 Å². The van der Waals surface area contributed by atoms with E-state index in [1.165, 1.54) is 0 Å². The fourth-order valence-electron chi connectivity index (χ4n) is 2.49. The average Bonchev–Trinajstić information content (AvgIpc) is 3.06. The Morgan fingerprint density at radius 3 is 3.00 bits per heavy atom. The van der Waals surface area contributed by atoms with Gasteiger partial charge in [0.15, 0.2) is 0 Å². The van der Waals surface area contributed by atoms with Crippen LogP contribution in [-0.4, -0.2) is 41.5 Å². The lowest BCUT2D eigenvalue weighted by Crippen LogP contribution is -2.52. The Kier molecular flexibility index (Phi) is 8.48. The maximum Gasteiger partial charge on any atom is 0.254 e. The number of hydrogen-bond acceptors (Lipinski definition) is 5. The molecular formula is C16H21Cl2N3O2S. The van der Waals surface area contributed by atoms with Crippen LogP contribution in [0.4, 0.5) is 0 Å². The third-order valence-electron chi connectivity index (χ3n) is 3.71. The molecule has 2 aromatic rings. The zero-order valence-corrected chi connectivity index (χ0v) is 15.8. The summed E-state index contributed by atoms with van der Waals surface area (Å²) in [6.45, 7) is 4.91. The molecule has 0 spiro atoms. The molecule has 1 N–H and O–H groups in total. The highest BCUT2D eigenvalue weighted by molar-refractivity contribution is 7.07. The number of aromatic nitrogens is 1. The van der Waals surface area contributed by atoms with Crippen LogP contribution < -0.4 is 10.1 Å². The minimum atomic E-state index is 0. The summed E-state index contributed by atoms with van der Waals surface area (Å²) >= 11 is 1.54. The topological polar surface area (TPSA) is 54.5 Å². The summed E-state index contributed by atoms with van der Waals surface area (Å²) in [6, 6.07) is 7.58. The monoisotopic (exact) mass is 389 g/mol. The van der Waals surface area contributed by atoms with Crippen molar-refractivity contribution < 1.29 is 9.53 Å². The molecule has 1 aliphatic rings. The van der Waals surface area contributed by atoms with Crippen LogP contribution in [0.5, 0.6) is 5.75 Å². The van der Waals surface area contributed by atoms with Crippen LogP contribution in [0.1, 0.15) is 23.0 Å². The first-order valence-electron chi connectivity index (χ1n) is 7.35. The normalized spacial score (nSPS) is 16.7. The minimum Gasteiger partial charge on any atom is -0.487 e. The average molecular weight is 390 g/mol. The van der Waals surface area contributed by atoms with Crippen LogP contribution in [-0.2, 0) is 6.61 Å². The molecule has 1 amide bonds. The quantitative estimate of drug-likeness (QED) is 0.872. The number of benzene rings is 1. The predicted octanol–water partition coefficient (Wildman–Crippen LogP) is 3.00. The van der Waals surface area contributed by atoms with Crippen LogP contribution in [0, 0.1) is 0 Å². The highest BCUT2D eigenvalue weighted by atomic mass is 35.5. The smallest absolute Gasteiger partial charge is 0.254 e. The Balaban J connectivity index is 0.00000144. The number of rotatable bonds is 4. The van der Waals surface area contributed by atoms with Crippen molar-refractivity contribution in [1.29, 1.82) is 0 Å². The van der Waals surface area contributed by atoms with Gasteiger partial charge in [-0.2, -0.15) is 0 Å². The fourth-order valence-corrected chi connectivity index (χ4v) is 3.04. The van der Waals surface area contributed by atoms with Crippen molar-refractivity contribution in [3.8, 4) is 5.75 Å². The highest BCUT2D eigenvalue weighted by Gasteiger charge is 2.24. The Bertz CT molecular complexity index is 640. The highest BCUT2D eigenvalue weighted by Crippen LogP contribution is 2.18. The molecule has 0 saturated carbocycles. The Hall–Kier alpha value is -1.34. The molecule has 132 valence electrons. The number of hydrogen-bond donors (Lipinski definition) is 1. The maximum atomic E-state index is 12.6. The number of carbonyl (C=O) groups is 1. The lowest BCUT2D eigenvalue weighted by molar-refractivity contribution is 0.0655. The Morgan fingerprint density at radius 2 is 2.29 bits per heavy atom. The molecule has 24 heavy (non-hydrogen) atoms. The van der Waals surface area contributed by atoms with Crippen LogP contribution >= 0.6 is 36.2 Å². The largest absolute Gasteiger partial charge is 0.487 e. The lowest BCUT2D eigenvalue weighted by Gasteiger charge is -2.34. The summed E-state index contributed by atoms with van der Waals surface area (Å²) in [5, 5.41) is 5.25. The van der Waals surface area contributed by atoms with Gasteiger partial charge in [0.1, 0.15) is 12.4 Å².